The van der Waals surface area contributed by atoms with E-state index in [0.717, 1.165) is 31.1 Å². The van der Waals surface area contributed by atoms with Gasteiger partial charge in [0, 0.05) is 18.8 Å². The summed E-state index contributed by atoms with van der Waals surface area (Å²) in [5.41, 5.74) is 7.39. The van der Waals surface area contributed by atoms with Gasteiger partial charge in [-0.3, -0.25) is 4.79 Å². The van der Waals surface area contributed by atoms with E-state index in [0.29, 0.717) is 12.2 Å². The minimum atomic E-state index is -0.410. The van der Waals surface area contributed by atoms with Gasteiger partial charge in [-0.2, -0.15) is 0 Å². The molecule has 2 aliphatic rings. The Bertz CT molecular complexity index is 567. The topological polar surface area (TPSA) is 58.8 Å². The summed E-state index contributed by atoms with van der Waals surface area (Å²) in [6.45, 7) is 7.92. The second-order valence-electron chi connectivity index (χ2n) is 6.90. The first kappa shape index (κ1) is 16.1. The molecule has 1 aromatic rings. The highest BCUT2D eigenvalue weighted by atomic mass is 16.5. The third kappa shape index (κ3) is 3.44. The number of likely N-dealkylation sites (tertiary alicyclic amines) is 1. The molecular formula is C18H27N3O2. The summed E-state index contributed by atoms with van der Waals surface area (Å²) in [6.07, 6.45) is 3.43. The number of carbonyl (C=O) groups excluding carboxylic acids is 1. The number of hydrogen-bond acceptors (Lipinski definition) is 4. The van der Waals surface area contributed by atoms with Crippen molar-refractivity contribution >= 4 is 17.3 Å². The number of amides is 1. The fraction of sp³-hybridized carbons (Fsp3) is 0.611. The number of ether oxygens (including phenoxy) is 1. The maximum absolute atomic E-state index is 12.9. The van der Waals surface area contributed by atoms with Gasteiger partial charge in [-0.1, -0.05) is 20.3 Å². The van der Waals surface area contributed by atoms with Gasteiger partial charge in [-0.25, -0.2) is 0 Å². The van der Waals surface area contributed by atoms with Gasteiger partial charge in [0.1, 0.15) is 5.75 Å². The lowest BCUT2D eigenvalue weighted by molar-refractivity contribution is -0.128. The Labute approximate surface area is 138 Å². The number of hydrogen-bond donors (Lipinski definition) is 1. The van der Waals surface area contributed by atoms with E-state index >= 15 is 0 Å². The summed E-state index contributed by atoms with van der Waals surface area (Å²) in [7, 11) is 0. The van der Waals surface area contributed by atoms with Crippen molar-refractivity contribution in [3.8, 4) is 5.75 Å². The summed E-state index contributed by atoms with van der Waals surface area (Å²) in [6, 6.07) is 5.55. The van der Waals surface area contributed by atoms with E-state index in [1.807, 2.05) is 36.9 Å². The molecule has 5 nitrogen and oxygen atoms in total. The number of benzene rings is 1. The van der Waals surface area contributed by atoms with Crippen molar-refractivity contribution in [3.63, 3.8) is 0 Å². The Morgan fingerprint density at radius 2 is 1.96 bits per heavy atom. The molecule has 2 N–H and O–H groups in total. The average Bonchev–Trinajstić information content (AvgIpc) is 2.54. The van der Waals surface area contributed by atoms with Gasteiger partial charge in [0.05, 0.1) is 5.69 Å². The fourth-order valence-electron chi connectivity index (χ4n) is 3.38. The molecule has 1 atom stereocenters. The summed E-state index contributed by atoms with van der Waals surface area (Å²) >= 11 is 0. The van der Waals surface area contributed by atoms with Crippen LogP contribution in [0.15, 0.2) is 18.2 Å². The Balaban J connectivity index is 1.80. The lowest BCUT2D eigenvalue weighted by Gasteiger charge is -2.37. The predicted octanol–water partition coefficient (Wildman–Crippen LogP) is 2.50. The maximum Gasteiger partial charge on any atom is 0.268 e. The van der Waals surface area contributed by atoms with E-state index < -0.39 is 6.10 Å². The Morgan fingerprint density at radius 3 is 2.65 bits per heavy atom. The van der Waals surface area contributed by atoms with E-state index in [1.165, 1.54) is 19.3 Å². The molecule has 0 aromatic heterocycles. The van der Waals surface area contributed by atoms with Crippen LogP contribution in [-0.2, 0) is 4.79 Å². The van der Waals surface area contributed by atoms with Crippen LogP contribution in [0.3, 0.4) is 0 Å². The maximum atomic E-state index is 12.9. The Morgan fingerprint density at radius 1 is 1.22 bits per heavy atom. The van der Waals surface area contributed by atoms with Crippen LogP contribution >= 0.6 is 0 Å². The SMILES string of the molecule is CC(C)C1Oc2ccc(N)cc2N(CCN2CCCCC2)C1=O. The number of fused-ring (bicyclic) bond motifs is 1. The van der Waals surface area contributed by atoms with Crippen LogP contribution in [0.25, 0.3) is 0 Å². The molecule has 5 heteroatoms. The highest BCUT2D eigenvalue weighted by Gasteiger charge is 2.36. The van der Waals surface area contributed by atoms with Gasteiger partial charge in [0.2, 0.25) is 0 Å². The number of nitrogens with two attached hydrogens (primary N) is 1. The van der Waals surface area contributed by atoms with E-state index in [-0.39, 0.29) is 11.8 Å². The molecule has 0 bridgehead atoms. The zero-order valence-corrected chi connectivity index (χ0v) is 14.1. The minimum absolute atomic E-state index is 0.0510. The first-order chi connectivity index (χ1) is 11.1. The molecule has 0 saturated carbocycles. The first-order valence-corrected chi connectivity index (χ1v) is 8.66. The van der Waals surface area contributed by atoms with Crippen LogP contribution in [0.4, 0.5) is 11.4 Å². The van der Waals surface area contributed by atoms with Gasteiger partial charge in [-0.05, 0) is 50.0 Å². The van der Waals surface area contributed by atoms with E-state index in [4.69, 9.17) is 10.5 Å². The van der Waals surface area contributed by atoms with Crippen LogP contribution in [0, 0.1) is 5.92 Å². The molecule has 0 radical (unpaired) electrons. The molecule has 2 aliphatic heterocycles. The molecular weight excluding hydrogens is 290 g/mol. The monoisotopic (exact) mass is 317 g/mol. The van der Waals surface area contributed by atoms with Crippen molar-refractivity contribution in [2.24, 2.45) is 5.92 Å². The number of anilines is 2. The van der Waals surface area contributed by atoms with Crippen LogP contribution in [0.5, 0.6) is 5.75 Å². The molecule has 0 aliphatic carbocycles. The largest absolute Gasteiger partial charge is 0.478 e. The van der Waals surface area contributed by atoms with Crippen LogP contribution in [0.2, 0.25) is 0 Å². The molecule has 126 valence electrons. The van der Waals surface area contributed by atoms with Gasteiger partial charge < -0.3 is 20.3 Å². The molecule has 1 unspecified atom stereocenters. The lowest BCUT2D eigenvalue weighted by atomic mass is 10.0. The van der Waals surface area contributed by atoms with E-state index in [9.17, 15) is 4.79 Å². The van der Waals surface area contributed by atoms with Crippen molar-refractivity contribution < 1.29 is 9.53 Å². The molecule has 2 heterocycles. The van der Waals surface area contributed by atoms with Crippen molar-refractivity contribution in [2.45, 2.75) is 39.2 Å². The third-order valence-corrected chi connectivity index (χ3v) is 4.73. The van der Waals surface area contributed by atoms with Gasteiger partial charge in [0.15, 0.2) is 6.10 Å². The van der Waals surface area contributed by atoms with Gasteiger partial charge in [0.25, 0.3) is 5.91 Å². The molecule has 23 heavy (non-hydrogen) atoms. The lowest BCUT2D eigenvalue weighted by Crippen LogP contribution is -2.50. The smallest absolute Gasteiger partial charge is 0.268 e. The number of nitrogens with zero attached hydrogens (tertiary/aromatic N) is 2. The van der Waals surface area contributed by atoms with Crippen LogP contribution in [0.1, 0.15) is 33.1 Å². The highest BCUT2D eigenvalue weighted by molar-refractivity contribution is 6.00. The minimum Gasteiger partial charge on any atom is -0.478 e. The molecule has 1 aromatic carbocycles. The van der Waals surface area contributed by atoms with Crippen LogP contribution in [-0.4, -0.2) is 43.1 Å². The Hall–Kier alpha value is -1.75. The predicted molar refractivity (Wildman–Crippen MR) is 92.8 cm³/mol. The molecule has 1 saturated heterocycles. The zero-order valence-electron chi connectivity index (χ0n) is 14.1. The molecule has 3 rings (SSSR count). The van der Waals surface area contributed by atoms with Crippen molar-refractivity contribution in [2.75, 3.05) is 36.8 Å². The van der Waals surface area contributed by atoms with Crippen molar-refractivity contribution in [3.05, 3.63) is 18.2 Å². The van der Waals surface area contributed by atoms with Crippen molar-refractivity contribution in [1.82, 2.24) is 4.90 Å². The quantitative estimate of drug-likeness (QED) is 0.867. The number of nitrogen functional groups attached to an aromatic ring is 1. The first-order valence-electron chi connectivity index (χ1n) is 8.66. The molecule has 1 amide bonds. The zero-order chi connectivity index (χ0) is 16.4. The van der Waals surface area contributed by atoms with E-state index in [2.05, 4.69) is 4.90 Å². The van der Waals surface area contributed by atoms with Crippen LogP contribution < -0.4 is 15.4 Å². The summed E-state index contributed by atoms with van der Waals surface area (Å²) in [4.78, 5) is 17.2. The standard InChI is InChI=1S/C18H27N3O2/c1-13(2)17-18(22)21(11-10-20-8-4-3-5-9-20)15-12-14(19)6-7-16(15)23-17/h6-7,12-13,17H,3-5,8-11,19H2,1-2H3. The second kappa shape index (κ2) is 6.79. The average molecular weight is 317 g/mol. The summed E-state index contributed by atoms with van der Waals surface area (Å²) < 4.78 is 5.92. The summed E-state index contributed by atoms with van der Waals surface area (Å²) in [5, 5.41) is 0. The third-order valence-electron chi connectivity index (χ3n) is 4.73. The van der Waals surface area contributed by atoms with Gasteiger partial charge >= 0.3 is 0 Å². The summed E-state index contributed by atoms with van der Waals surface area (Å²) in [5.74, 6) is 0.956. The highest BCUT2D eigenvalue weighted by Crippen LogP contribution is 2.37. The number of piperidine rings is 1. The number of carbonyl (C=O) groups is 1. The Kier molecular flexibility index (Phi) is 4.76. The number of rotatable bonds is 4. The van der Waals surface area contributed by atoms with E-state index in [1.54, 1.807) is 0 Å². The molecule has 1 fully saturated rings. The van der Waals surface area contributed by atoms with Gasteiger partial charge in [-0.15, -0.1) is 0 Å². The normalized spacial score (nSPS) is 22.1. The second-order valence-corrected chi connectivity index (χ2v) is 6.90. The van der Waals surface area contributed by atoms with Crippen molar-refractivity contribution in [1.29, 1.82) is 0 Å². The molecule has 0 spiro atoms. The fourth-order valence-corrected chi connectivity index (χ4v) is 3.38.